The number of imidazole rings is 1. The number of pyridine rings is 1. The molecule has 0 spiro atoms. The number of aromatic nitrogens is 2. The highest BCUT2D eigenvalue weighted by atomic mass is 16.5. The van der Waals surface area contributed by atoms with Crippen molar-refractivity contribution >= 4 is 23.1 Å². The standard InChI is InChI=1S/C27H32N4O4/c1-5-29(6-2)15-16-31-24(19-11-10-12-20(17-19)35-7-3)22(26(33)27(31)34)25(32)23-18(4)28-21-13-8-9-14-30(21)23/h8-14,17,24,32H,5-7,15-16H2,1-4H3. The van der Waals surface area contributed by atoms with Crippen LogP contribution in [0.15, 0.2) is 54.2 Å². The van der Waals surface area contributed by atoms with Crippen LogP contribution in [0.5, 0.6) is 5.75 Å². The van der Waals surface area contributed by atoms with E-state index in [1.54, 1.807) is 22.4 Å². The van der Waals surface area contributed by atoms with Crippen molar-refractivity contribution < 1.29 is 19.4 Å². The van der Waals surface area contributed by atoms with Crippen molar-refractivity contribution in [2.24, 2.45) is 0 Å². The lowest BCUT2D eigenvalue weighted by Crippen LogP contribution is -2.38. The first kappa shape index (κ1) is 24.5. The monoisotopic (exact) mass is 476 g/mol. The summed E-state index contributed by atoms with van der Waals surface area (Å²) in [6.45, 7) is 11.0. The normalized spacial score (nSPS) is 17.6. The maximum Gasteiger partial charge on any atom is 0.295 e. The molecule has 1 N–H and O–H groups in total. The summed E-state index contributed by atoms with van der Waals surface area (Å²) in [5.74, 6) is -0.891. The molecule has 1 amide bonds. The molecule has 184 valence electrons. The molecule has 8 heteroatoms. The molecule has 0 radical (unpaired) electrons. The minimum Gasteiger partial charge on any atom is -0.505 e. The Morgan fingerprint density at radius 1 is 1.11 bits per heavy atom. The number of hydrogen-bond acceptors (Lipinski definition) is 6. The van der Waals surface area contributed by atoms with Gasteiger partial charge in [0.05, 0.1) is 23.9 Å². The molecule has 0 bridgehead atoms. The van der Waals surface area contributed by atoms with E-state index in [1.165, 1.54) is 0 Å². The topological polar surface area (TPSA) is 87.4 Å². The van der Waals surface area contributed by atoms with Crippen LogP contribution in [0.4, 0.5) is 0 Å². The average Bonchev–Trinajstić information content (AvgIpc) is 3.33. The second kappa shape index (κ2) is 10.3. The predicted octanol–water partition coefficient (Wildman–Crippen LogP) is 3.80. The highest BCUT2D eigenvalue weighted by Gasteiger charge is 2.46. The summed E-state index contributed by atoms with van der Waals surface area (Å²) in [6.07, 6.45) is 1.78. The Kier molecular flexibility index (Phi) is 7.21. The number of likely N-dealkylation sites (N-methyl/N-ethyl adjacent to an activating group) is 1. The molecule has 3 aromatic rings. The molecule has 1 aliphatic heterocycles. The first-order chi connectivity index (χ1) is 16.9. The zero-order valence-electron chi connectivity index (χ0n) is 20.7. The molecule has 0 aliphatic carbocycles. The van der Waals surface area contributed by atoms with Gasteiger partial charge in [0, 0.05) is 19.3 Å². The molecule has 1 atom stereocenters. The number of likely N-dealkylation sites (tertiary alicyclic amines) is 1. The van der Waals surface area contributed by atoms with E-state index in [1.807, 2.05) is 49.4 Å². The lowest BCUT2D eigenvalue weighted by atomic mass is 9.96. The largest absolute Gasteiger partial charge is 0.505 e. The number of carbonyl (C=O) groups excluding carboxylic acids is 2. The van der Waals surface area contributed by atoms with Gasteiger partial charge in [-0.05, 0) is 56.8 Å². The Labute approximate surface area is 205 Å². The minimum absolute atomic E-state index is 0.0666. The van der Waals surface area contributed by atoms with E-state index < -0.39 is 17.7 Å². The summed E-state index contributed by atoms with van der Waals surface area (Å²) < 4.78 is 7.42. The number of carbonyl (C=O) groups is 2. The molecule has 4 rings (SSSR count). The third kappa shape index (κ3) is 4.53. The lowest BCUT2D eigenvalue weighted by Gasteiger charge is -2.28. The van der Waals surface area contributed by atoms with Crippen LogP contribution in [0.3, 0.4) is 0 Å². The van der Waals surface area contributed by atoms with Crippen molar-refractivity contribution in [1.29, 1.82) is 0 Å². The molecule has 0 saturated carbocycles. The molecule has 2 aromatic heterocycles. The number of benzene rings is 1. The summed E-state index contributed by atoms with van der Waals surface area (Å²) in [4.78, 5) is 35.0. The summed E-state index contributed by atoms with van der Waals surface area (Å²) in [5.41, 5.74) is 2.41. The Balaban J connectivity index is 1.88. The highest BCUT2D eigenvalue weighted by molar-refractivity contribution is 6.46. The number of ether oxygens (including phenoxy) is 1. The maximum atomic E-state index is 13.4. The van der Waals surface area contributed by atoms with Crippen LogP contribution in [0.25, 0.3) is 11.4 Å². The van der Waals surface area contributed by atoms with E-state index in [0.29, 0.717) is 48.0 Å². The number of nitrogens with zero attached hydrogens (tertiary/aromatic N) is 4. The molecular weight excluding hydrogens is 444 g/mol. The van der Waals surface area contributed by atoms with Crippen LogP contribution in [-0.2, 0) is 9.59 Å². The second-order valence-electron chi connectivity index (χ2n) is 8.50. The fourth-order valence-electron chi connectivity index (χ4n) is 4.71. The first-order valence-electron chi connectivity index (χ1n) is 12.1. The van der Waals surface area contributed by atoms with Gasteiger partial charge in [-0.2, -0.15) is 0 Å². The maximum absolute atomic E-state index is 13.4. The van der Waals surface area contributed by atoms with Gasteiger partial charge in [-0.25, -0.2) is 4.98 Å². The Morgan fingerprint density at radius 3 is 2.60 bits per heavy atom. The minimum atomic E-state index is -0.736. The predicted molar refractivity (Wildman–Crippen MR) is 134 cm³/mol. The van der Waals surface area contributed by atoms with Crippen LogP contribution >= 0.6 is 0 Å². The van der Waals surface area contributed by atoms with Gasteiger partial charge in [-0.15, -0.1) is 0 Å². The van der Waals surface area contributed by atoms with Gasteiger partial charge in [0.1, 0.15) is 17.1 Å². The van der Waals surface area contributed by atoms with Gasteiger partial charge in [0.2, 0.25) is 0 Å². The molecular formula is C27H32N4O4. The van der Waals surface area contributed by atoms with Gasteiger partial charge in [0.15, 0.2) is 5.76 Å². The smallest absolute Gasteiger partial charge is 0.295 e. The SMILES string of the molecule is CCOc1cccc(C2C(=C(O)c3c(C)nc4ccccn34)C(=O)C(=O)N2CCN(CC)CC)c1. The number of aliphatic hydroxyl groups excluding tert-OH is 1. The van der Waals surface area contributed by atoms with E-state index in [2.05, 4.69) is 23.7 Å². The Bertz CT molecular complexity index is 1280. The molecule has 1 fully saturated rings. The van der Waals surface area contributed by atoms with E-state index in [9.17, 15) is 14.7 Å². The number of hydrogen-bond donors (Lipinski definition) is 1. The number of rotatable bonds is 9. The van der Waals surface area contributed by atoms with Gasteiger partial charge < -0.3 is 19.6 Å². The van der Waals surface area contributed by atoms with Crippen molar-refractivity contribution in [1.82, 2.24) is 19.2 Å². The van der Waals surface area contributed by atoms with Crippen LogP contribution in [0, 0.1) is 6.92 Å². The van der Waals surface area contributed by atoms with Crippen molar-refractivity contribution in [3.05, 3.63) is 71.2 Å². The molecule has 1 saturated heterocycles. The van der Waals surface area contributed by atoms with E-state index in [-0.39, 0.29) is 11.3 Å². The van der Waals surface area contributed by atoms with Crippen LogP contribution in [-0.4, -0.2) is 68.8 Å². The highest BCUT2D eigenvalue weighted by Crippen LogP contribution is 2.40. The molecule has 3 heterocycles. The average molecular weight is 477 g/mol. The molecule has 1 unspecified atom stereocenters. The number of amides is 1. The number of fused-ring (bicyclic) bond motifs is 1. The number of aryl methyl sites for hydroxylation is 1. The number of aliphatic hydroxyl groups is 1. The third-order valence-corrected chi connectivity index (χ3v) is 6.50. The van der Waals surface area contributed by atoms with E-state index in [4.69, 9.17) is 4.74 Å². The molecule has 1 aliphatic rings. The summed E-state index contributed by atoms with van der Waals surface area (Å²) in [6, 6.07) is 12.1. The summed E-state index contributed by atoms with van der Waals surface area (Å²) in [7, 11) is 0. The van der Waals surface area contributed by atoms with Crippen LogP contribution in [0.1, 0.15) is 43.8 Å². The van der Waals surface area contributed by atoms with Crippen molar-refractivity contribution in [3.8, 4) is 5.75 Å². The quantitative estimate of drug-likeness (QED) is 0.287. The zero-order chi connectivity index (χ0) is 25.1. The molecule has 8 nitrogen and oxygen atoms in total. The van der Waals surface area contributed by atoms with Gasteiger partial charge >= 0.3 is 0 Å². The number of Topliss-reactive ketones (excluding diaryl/α,β-unsaturated/α-hetero) is 1. The van der Waals surface area contributed by atoms with Crippen molar-refractivity contribution in [3.63, 3.8) is 0 Å². The molecule has 1 aromatic carbocycles. The fourth-order valence-corrected chi connectivity index (χ4v) is 4.71. The summed E-state index contributed by atoms with van der Waals surface area (Å²) in [5, 5.41) is 11.5. The number of ketones is 1. The Hall–Kier alpha value is -3.65. The van der Waals surface area contributed by atoms with Crippen LogP contribution in [0.2, 0.25) is 0 Å². The zero-order valence-corrected chi connectivity index (χ0v) is 20.7. The van der Waals surface area contributed by atoms with Crippen LogP contribution < -0.4 is 4.74 Å². The van der Waals surface area contributed by atoms with E-state index in [0.717, 1.165) is 13.1 Å². The van der Waals surface area contributed by atoms with Gasteiger partial charge in [-0.3, -0.25) is 14.0 Å². The lowest BCUT2D eigenvalue weighted by molar-refractivity contribution is -0.140. The second-order valence-corrected chi connectivity index (χ2v) is 8.50. The summed E-state index contributed by atoms with van der Waals surface area (Å²) >= 11 is 0. The fraction of sp³-hybridized carbons (Fsp3) is 0.370. The van der Waals surface area contributed by atoms with Crippen molar-refractivity contribution in [2.45, 2.75) is 33.7 Å². The molecule has 35 heavy (non-hydrogen) atoms. The van der Waals surface area contributed by atoms with Gasteiger partial charge in [0.25, 0.3) is 11.7 Å². The van der Waals surface area contributed by atoms with Crippen molar-refractivity contribution in [2.75, 3.05) is 32.8 Å². The van der Waals surface area contributed by atoms with Gasteiger partial charge in [-0.1, -0.05) is 32.0 Å². The third-order valence-electron chi connectivity index (χ3n) is 6.50. The Morgan fingerprint density at radius 2 is 1.89 bits per heavy atom. The first-order valence-corrected chi connectivity index (χ1v) is 12.1. The van der Waals surface area contributed by atoms with E-state index >= 15 is 0 Å².